The quantitative estimate of drug-likeness (QED) is 0.789. The van der Waals surface area contributed by atoms with Crippen molar-refractivity contribution in [1.82, 2.24) is 4.90 Å². The van der Waals surface area contributed by atoms with Crippen LogP contribution in [0, 0.1) is 17.7 Å². The number of halogens is 1. The molecule has 0 fully saturated rings. The Bertz CT molecular complexity index is 514. The summed E-state index contributed by atoms with van der Waals surface area (Å²) in [6.07, 6.45) is 0.736. The molecule has 0 saturated heterocycles. The first-order valence-corrected chi connectivity index (χ1v) is 6.52. The molecule has 5 heteroatoms. The van der Waals surface area contributed by atoms with E-state index in [-0.39, 0.29) is 25.3 Å². The molecule has 20 heavy (non-hydrogen) atoms. The SMILES string of the molecule is CCCN(CCO)C(=O)c1cc(C#CCN)ccc1F. The number of hydrogen-bond donors (Lipinski definition) is 2. The zero-order valence-electron chi connectivity index (χ0n) is 11.5. The first kappa shape index (κ1) is 16.2. The number of amides is 1. The van der Waals surface area contributed by atoms with Gasteiger partial charge >= 0.3 is 0 Å². The lowest BCUT2D eigenvalue weighted by Crippen LogP contribution is -2.34. The molecule has 0 aromatic heterocycles. The molecule has 1 aromatic carbocycles. The molecule has 1 rings (SSSR count). The van der Waals surface area contributed by atoms with Crippen molar-refractivity contribution in [2.75, 3.05) is 26.2 Å². The molecule has 1 amide bonds. The molecule has 0 atom stereocenters. The Morgan fingerprint density at radius 1 is 1.45 bits per heavy atom. The van der Waals surface area contributed by atoms with Crippen LogP contribution in [-0.2, 0) is 0 Å². The van der Waals surface area contributed by atoms with Crippen LogP contribution in [0.25, 0.3) is 0 Å². The van der Waals surface area contributed by atoms with E-state index in [1.165, 1.54) is 23.1 Å². The van der Waals surface area contributed by atoms with Gasteiger partial charge in [0.05, 0.1) is 18.7 Å². The smallest absolute Gasteiger partial charge is 0.256 e. The molecule has 0 aliphatic heterocycles. The molecule has 108 valence electrons. The number of nitrogens with two attached hydrogens (primary N) is 1. The van der Waals surface area contributed by atoms with Gasteiger partial charge in [0.2, 0.25) is 0 Å². The van der Waals surface area contributed by atoms with Crippen LogP contribution in [0.4, 0.5) is 4.39 Å². The van der Waals surface area contributed by atoms with E-state index >= 15 is 0 Å². The minimum Gasteiger partial charge on any atom is -0.395 e. The lowest BCUT2D eigenvalue weighted by atomic mass is 10.1. The molecule has 0 unspecified atom stereocenters. The Hall–Kier alpha value is -1.90. The lowest BCUT2D eigenvalue weighted by Gasteiger charge is -2.21. The molecule has 4 nitrogen and oxygen atoms in total. The van der Waals surface area contributed by atoms with E-state index in [1.54, 1.807) is 0 Å². The third-order valence-electron chi connectivity index (χ3n) is 2.68. The largest absolute Gasteiger partial charge is 0.395 e. The zero-order chi connectivity index (χ0) is 15.0. The third kappa shape index (κ3) is 4.34. The minimum atomic E-state index is -0.590. The first-order valence-electron chi connectivity index (χ1n) is 6.52. The maximum Gasteiger partial charge on any atom is 0.256 e. The van der Waals surface area contributed by atoms with E-state index in [0.29, 0.717) is 12.1 Å². The van der Waals surface area contributed by atoms with Crippen LogP contribution >= 0.6 is 0 Å². The highest BCUT2D eigenvalue weighted by Crippen LogP contribution is 2.13. The summed E-state index contributed by atoms with van der Waals surface area (Å²) in [6.45, 7) is 2.62. The number of rotatable bonds is 5. The average Bonchev–Trinajstić information content (AvgIpc) is 2.45. The minimum absolute atomic E-state index is 0.0317. The summed E-state index contributed by atoms with van der Waals surface area (Å²) in [5.41, 5.74) is 5.79. The average molecular weight is 278 g/mol. The molecule has 0 spiro atoms. The van der Waals surface area contributed by atoms with Crippen molar-refractivity contribution in [1.29, 1.82) is 0 Å². The molecule has 3 N–H and O–H groups in total. The van der Waals surface area contributed by atoms with Crippen molar-refractivity contribution in [2.45, 2.75) is 13.3 Å². The molecular formula is C15H19FN2O2. The van der Waals surface area contributed by atoms with Gasteiger partial charge in [-0.2, -0.15) is 0 Å². The summed E-state index contributed by atoms with van der Waals surface area (Å²) in [7, 11) is 0. The second kappa shape index (κ2) is 8.31. The fraction of sp³-hybridized carbons (Fsp3) is 0.400. The van der Waals surface area contributed by atoms with Crippen LogP contribution < -0.4 is 5.73 Å². The van der Waals surface area contributed by atoms with Crippen LogP contribution in [0.2, 0.25) is 0 Å². The molecular weight excluding hydrogens is 259 g/mol. The Balaban J connectivity index is 3.06. The summed E-state index contributed by atoms with van der Waals surface area (Å²) in [6, 6.07) is 4.14. The van der Waals surface area contributed by atoms with E-state index in [2.05, 4.69) is 11.8 Å². The Kier molecular flexibility index (Phi) is 6.71. The van der Waals surface area contributed by atoms with Crippen molar-refractivity contribution >= 4 is 5.91 Å². The van der Waals surface area contributed by atoms with Gasteiger partial charge in [0.25, 0.3) is 5.91 Å². The van der Waals surface area contributed by atoms with Gasteiger partial charge in [0.1, 0.15) is 5.82 Å². The molecule has 0 aliphatic carbocycles. The lowest BCUT2D eigenvalue weighted by molar-refractivity contribution is 0.0717. The summed E-state index contributed by atoms with van der Waals surface area (Å²) >= 11 is 0. The third-order valence-corrected chi connectivity index (χ3v) is 2.68. The fourth-order valence-corrected chi connectivity index (χ4v) is 1.80. The van der Waals surface area contributed by atoms with Crippen LogP contribution in [-0.4, -0.2) is 42.2 Å². The van der Waals surface area contributed by atoms with Crippen molar-refractivity contribution in [3.63, 3.8) is 0 Å². The normalized spacial score (nSPS) is 9.80. The summed E-state index contributed by atoms with van der Waals surface area (Å²) in [5.74, 6) is 4.40. The van der Waals surface area contributed by atoms with E-state index in [9.17, 15) is 9.18 Å². The Morgan fingerprint density at radius 2 is 2.20 bits per heavy atom. The van der Waals surface area contributed by atoms with Crippen LogP contribution in [0.15, 0.2) is 18.2 Å². The highest BCUT2D eigenvalue weighted by Gasteiger charge is 2.18. The number of carbonyl (C=O) groups is 1. The topological polar surface area (TPSA) is 66.6 Å². The number of hydrogen-bond acceptors (Lipinski definition) is 3. The molecule has 0 heterocycles. The maximum atomic E-state index is 13.8. The summed E-state index contributed by atoms with van der Waals surface area (Å²) in [5, 5.41) is 8.98. The number of nitrogens with zero attached hydrogens (tertiary/aromatic N) is 1. The van der Waals surface area contributed by atoms with Gasteiger partial charge in [0.15, 0.2) is 0 Å². The molecule has 0 aliphatic rings. The Morgan fingerprint density at radius 3 is 2.80 bits per heavy atom. The van der Waals surface area contributed by atoms with Gasteiger partial charge < -0.3 is 15.7 Å². The second-order valence-corrected chi connectivity index (χ2v) is 4.22. The van der Waals surface area contributed by atoms with Crippen LogP contribution in [0.1, 0.15) is 29.3 Å². The summed E-state index contributed by atoms with van der Waals surface area (Å²) in [4.78, 5) is 13.7. The monoisotopic (exact) mass is 278 g/mol. The van der Waals surface area contributed by atoms with E-state index < -0.39 is 11.7 Å². The number of carbonyl (C=O) groups excluding carboxylic acids is 1. The van der Waals surface area contributed by atoms with E-state index in [0.717, 1.165) is 6.42 Å². The van der Waals surface area contributed by atoms with Crippen LogP contribution in [0.3, 0.4) is 0 Å². The zero-order valence-corrected chi connectivity index (χ0v) is 11.5. The molecule has 0 radical (unpaired) electrons. The van der Waals surface area contributed by atoms with Crippen molar-refractivity contribution in [3.05, 3.63) is 35.1 Å². The maximum absolute atomic E-state index is 13.8. The van der Waals surface area contributed by atoms with Crippen molar-refractivity contribution in [3.8, 4) is 11.8 Å². The van der Waals surface area contributed by atoms with Crippen molar-refractivity contribution in [2.24, 2.45) is 5.73 Å². The highest BCUT2D eigenvalue weighted by molar-refractivity contribution is 5.94. The standard InChI is InChI=1S/C15H19FN2O2/c1-2-8-18(9-10-19)15(20)13-11-12(4-3-7-17)5-6-14(13)16/h5-6,11,19H,2,7-10,17H2,1H3. The Labute approximate surface area is 118 Å². The molecule has 0 saturated carbocycles. The number of aliphatic hydroxyl groups is 1. The van der Waals surface area contributed by atoms with Gasteiger partial charge in [0, 0.05) is 18.7 Å². The summed E-state index contributed by atoms with van der Waals surface area (Å²) < 4.78 is 13.8. The van der Waals surface area contributed by atoms with E-state index in [1.807, 2.05) is 6.92 Å². The predicted molar refractivity (Wildman–Crippen MR) is 75.6 cm³/mol. The highest BCUT2D eigenvalue weighted by atomic mass is 19.1. The van der Waals surface area contributed by atoms with Gasteiger partial charge in [-0.05, 0) is 24.6 Å². The number of aliphatic hydroxyl groups excluding tert-OH is 1. The van der Waals surface area contributed by atoms with Gasteiger partial charge in [-0.1, -0.05) is 18.8 Å². The van der Waals surface area contributed by atoms with Gasteiger partial charge in [-0.3, -0.25) is 4.79 Å². The second-order valence-electron chi connectivity index (χ2n) is 4.22. The number of benzene rings is 1. The van der Waals surface area contributed by atoms with E-state index in [4.69, 9.17) is 10.8 Å². The predicted octanol–water partition coefficient (Wildman–Crippen LogP) is 0.980. The van der Waals surface area contributed by atoms with Gasteiger partial charge in [-0.25, -0.2) is 4.39 Å². The van der Waals surface area contributed by atoms with Crippen LogP contribution in [0.5, 0.6) is 0 Å². The molecule has 1 aromatic rings. The van der Waals surface area contributed by atoms with Crippen molar-refractivity contribution < 1.29 is 14.3 Å². The fourth-order valence-electron chi connectivity index (χ4n) is 1.80. The molecule has 0 bridgehead atoms. The van der Waals surface area contributed by atoms with Gasteiger partial charge in [-0.15, -0.1) is 0 Å². The first-order chi connectivity index (χ1) is 9.63.